The van der Waals surface area contributed by atoms with Gasteiger partial charge in [0, 0.05) is 18.5 Å². The van der Waals surface area contributed by atoms with Gasteiger partial charge in [-0.25, -0.2) is 4.98 Å². The number of carboxylic acid groups (broad SMARTS) is 1. The number of aromatic nitrogens is 1. The van der Waals surface area contributed by atoms with Crippen molar-refractivity contribution >= 4 is 45.8 Å². The first kappa shape index (κ1) is 19.5. The first-order chi connectivity index (χ1) is 11.2. The second-order valence-electron chi connectivity index (χ2n) is 5.68. The monoisotopic (exact) mass is 394 g/mol. The van der Waals surface area contributed by atoms with Gasteiger partial charge in [0.1, 0.15) is 10.5 Å². The number of alkyl halides is 3. The molecule has 0 aromatic carbocycles. The molecular formula is C15H14ClF3N2O3S. The first-order valence-electron chi connectivity index (χ1n) is 7.18. The molecular weight excluding hydrogens is 381 g/mol. The summed E-state index contributed by atoms with van der Waals surface area (Å²) in [7, 11) is 0. The third kappa shape index (κ3) is 3.57. The second kappa shape index (κ2) is 6.80. The number of rotatable bonds is 2. The molecule has 1 saturated heterocycles. The summed E-state index contributed by atoms with van der Waals surface area (Å²) in [5, 5.41) is 9.51. The van der Waals surface area contributed by atoms with Gasteiger partial charge < -0.3 is 10.0 Å². The predicted molar refractivity (Wildman–Crippen MR) is 88.3 cm³/mol. The largest absolute Gasteiger partial charge is 0.481 e. The molecule has 136 valence electrons. The lowest BCUT2D eigenvalue weighted by molar-refractivity contribution is -0.141. The molecule has 10 heteroatoms. The van der Waals surface area contributed by atoms with Gasteiger partial charge in [-0.1, -0.05) is 0 Å². The summed E-state index contributed by atoms with van der Waals surface area (Å²) < 4.78 is 38.3. The third-order valence-corrected chi connectivity index (χ3v) is 5.30. The topological polar surface area (TPSA) is 70.5 Å². The van der Waals surface area contributed by atoms with Crippen LogP contribution in [0.25, 0.3) is 10.2 Å². The fourth-order valence-electron chi connectivity index (χ4n) is 2.75. The lowest BCUT2D eigenvalue weighted by Gasteiger charge is -2.15. The van der Waals surface area contributed by atoms with Gasteiger partial charge >= 0.3 is 12.1 Å². The molecule has 1 fully saturated rings. The van der Waals surface area contributed by atoms with Crippen LogP contribution in [0.2, 0.25) is 0 Å². The molecule has 2 aromatic rings. The Morgan fingerprint density at radius 3 is 2.60 bits per heavy atom. The molecule has 1 amide bonds. The van der Waals surface area contributed by atoms with Crippen molar-refractivity contribution < 1.29 is 27.9 Å². The Bertz CT molecular complexity index is 837. The molecule has 0 bridgehead atoms. The minimum absolute atomic E-state index is 0. The number of amides is 1. The van der Waals surface area contributed by atoms with E-state index in [1.807, 2.05) is 0 Å². The van der Waals surface area contributed by atoms with E-state index in [2.05, 4.69) is 4.98 Å². The highest BCUT2D eigenvalue weighted by Gasteiger charge is 2.35. The first-order valence-corrected chi connectivity index (χ1v) is 7.99. The van der Waals surface area contributed by atoms with E-state index >= 15 is 0 Å². The minimum atomic E-state index is -4.54. The van der Waals surface area contributed by atoms with E-state index in [0.717, 1.165) is 17.4 Å². The van der Waals surface area contributed by atoms with Gasteiger partial charge in [-0.3, -0.25) is 9.59 Å². The van der Waals surface area contributed by atoms with Gasteiger partial charge in [-0.05, 0) is 31.0 Å². The molecule has 1 N–H and O–H groups in total. The van der Waals surface area contributed by atoms with Crippen molar-refractivity contribution in [3.8, 4) is 0 Å². The summed E-state index contributed by atoms with van der Waals surface area (Å²) in [6.07, 6.45) is -4.17. The highest BCUT2D eigenvalue weighted by atomic mass is 35.5. The summed E-state index contributed by atoms with van der Waals surface area (Å²) in [5.41, 5.74) is -0.428. The smallest absolute Gasteiger partial charge is 0.433 e. The van der Waals surface area contributed by atoms with Crippen molar-refractivity contribution in [3.63, 3.8) is 0 Å². The number of halogens is 4. The molecule has 1 aliphatic rings. The van der Waals surface area contributed by atoms with Crippen LogP contribution in [-0.2, 0) is 11.0 Å². The highest BCUT2D eigenvalue weighted by molar-refractivity contribution is 7.20. The molecule has 0 aliphatic carbocycles. The number of aliphatic carboxylic acids is 1. The SMILES string of the molecule is Cc1c(C(=O)N2CCC(C(=O)O)C2)sc2nc(C(F)(F)F)ccc12.Cl. The molecule has 0 radical (unpaired) electrons. The quantitative estimate of drug-likeness (QED) is 0.845. The fraction of sp³-hybridized carbons (Fsp3) is 0.400. The number of nitrogens with zero attached hydrogens (tertiary/aromatic N) is 2. The average molecular weight is 395 g/mol. The molecule has 3 rings (SSSR count). The molecule has 0 saturated carbocycles. The number of pyridine rings is 1. The number of carboxylic acids is 1. The van der Waals surface area contributed by atoms with Crippen LogP contribution in [0.1, 0.15) is 27.3 Å². The van der Waals surface area contributed by atoms with Gasteiger partial charge in [0.15, 0.2) is 0 Å². The summed E-state index contributed by atoms with van der Waals surface area (Å²) in [6, 6.07) is 2.21. The Hall–Kier alpha value is -1.87. The number of carbonyl (C=O) groups is 2. The van der Waals surface area contributed by atoms with Crippen molar-refractivity contribution in [2.24, 2.45) is 5.92 Å². The summed E-state index contributed by atoms with van der Waals surface area (Å²) in [5.74, 6) is -1.90. The lowest BCUT2D eigenvalue weighted by Crippen LogP contribution is -2.29. The van der Waals surface area contributed by atoms with Crippen LogP contribution in [0.15, 0.2) is 12.1 Å². The van der Waals surface area contributed by atoms with Crippen molar-refractivity contribution in [3.05, 3.63) is 28.3 Å². The number of carbonyl (C=O) groups excluding carboxylic acids is 1. The van der Waals surface area contributed by atoms with E-state index in [1.165, 1.54) is 11.0 Å². The van der Waals surface area contributed by atoms with Crippen LogP contribution in [0, 0.1) is 12.8 Å². The Morgan fingerprint density at radius 1 is 1.36 bits per heavy atom. The average Bonchev–Trinajstić information content (AvgIpc) is 3.11. The lowest BCUT2D eigenvalue weighted by atomic mass is 10.1. The molecule has 3 heterocycles. The second-order valence-corrected chi connectivity index (χ2v) is 6.68. The standard InChI is InChI=1S/C15H13F3N2O3S.ClH/c1-7-9-2-3-10(15(16,17)18)19-12(9)24-11(7)13(21)20-5-4-8(6-20)14(22)23;/h2-3,8H,4-6H2,1H3,(H,22,23);1H. The van der Waals surface area contributed by atoms with E-state index in [4.69, 9.17) is 5.11 Å². The van der Waals surface area contributed by atoms with Gasteiger partial charge in [0.25, 0.3) is 5.91 Å². The zero-order valence-electron chi connectivity index (χ0n) is 13.0. The van der Waals surface area contributed by atoms with Crippen LogP contribution in [0.3, 0.4) is 0 Å². The van der Waals surface area contributed by atoms with Crippen LogP contribution < -0.4 is 0 Å². The zero-order valence-corrected chi connectivity index (χ0v) is 14.6. The summed E-state index contributed by atoms with van der Waals surface area (Å²) >= 11 is 0.909. The number of fused-ring (bicyclic) bond motifs is 1. The van der Waals surface area contributed by atoms with Crippen LogP contribution in [0.5, 0.6) is 0 Å². The van der Waals surface area contributed by atoms with Crippen LogP contribution in [0.4, 0.5) is 13.2 Å². The maximum absolute atomic E-state index is 12.8. The van der Waals surface area contributed by atoms with Crippen molar-refractivity contribution in [2.45, 2.75) is 19.5 Å². The Morgan fingerprint density at radius 2 is 2.04 bits per heavy atom. The van der Waals surface area contributed by atoms with Crippen LogP contribution in [-0.4, -0.2) is 40.0 Å². The Kier molecular flexibility index (Phi) is 5.29. The molecule has 1 atom stereocenters. The van der Waals surface area contributed by atoms with Gasteiger partial charge in [0.05, 0.1) is 10.8 Å². The third-order valence-electron chi connectivity index (χ3n) is 4.11. The molecule has 1 aliphatic heterocycles. The molecule has 2 aromatic heterocycles. The van der Waals surface area contributed by atoms with Gasteiger partial charge in [-0.2, -0.15) is 13.2 Å². The number of hydrogen-bond donors (Lipinski definition) is 1. The highest BCUT2D eigenvalue weighted by Crippen LogP contribution is 2.35. The maximum atomic E-state index is 12.8. The molecule has 5 nitrogen and oxygen atoms in total. The summed E-state index contributed by atoms with van der Waals surface area (Å²) in [4.78, 5) is 29.1. The predicted octanol–water partition coefficient (Wildman–Crippen LogP) is 3.59. The normalized spacial score (nSPS) is 17.6. The number of likely N-dealkylation sites (tertiary alicyclic amines) is 1. The van der Waals surface area contributed by atoms with Crippen molar-refractivity contribution in [1.82, 2.24) is 9.88 Å². The minimum Gasteiger partial charge on any atom is -0.481 e. The molecule has 0 spiro atoms. The van der Waals surface area contributed by atoms with Crippen molar-refractivity contribution in [2.75, 3.05) is 13.1 Å². The van der Waals surface area contributed by atoms with Crippen molar-refractivity contribution in [1.29, 1.82) is 0 Å². The van der Waals surface area contributed by atoms with E-state index in [9.17, 15) is 22.8 Å². The van der Waals surface area contributed by atoms with Gasteiger partial charge in [-0.15, -0.1) is 23.7 Å². The van der Waals surface area contributed by atoms with E-state index in [0.29, 0.717) is 28.8 Å². The number of thiophene rings is 1. The number of aryl methyl sites for hydroxylation is 1. The van der Waals surface area contributed by atoms with Crippen LogP contribution >= 0.6 is 23.7 Å². The zero-order chi connectivity index (χ0) is 17.6. The van der Waals surface area contributed by atoms with E-state index in [1.54, 1.807) is 6.92 Å². The Balaban J connectivity index is 0.00000225. The number of hydrogen-bond acceptors (Lipinski definition) is 4. The maximum Gasteiger partial charge on any atom is 0.433 e. The van der Waals surface area contributed by atoms with E-state index in [-0.39, 0.29) is 29.7 Å². The van der Waals surface area contributed by atoms with E-state index < -0.39 is 23.8 Å². The van der Waals surface area contributed by atoms with Gasteiger partial charge in [0.2, 0.25) is 0 Å². The fourth-order valence-corrected chi connectivity index (χ4v) is 3.90. The Labute approximate surface area is 150 Å². The summed E-state index contributed by atoms with van der Waals surface area (Å²) in [6.45, 7) is 2.10. The molecule has 25 heavy (non-hydrogen) atoms. The molecule has 1 unspecified atom stereocenters.